The summed E-state index contributed by atoms with van der Waals surface area (Å²) in [6, 6.07) is 26.0. The van der Waals surface area contributed by atoms with E-state index in [0.29, 0.717) is 24.7 Å². The summed E-state index contributed by atoms with van der Waals surface area (Å²) in [5.74, 6) is 1.33. The maximum atomic E-state index is 6.17. The minimum atomic E-state index is 0.454. The van der Waals surface area contributed by atoms with Gasteiger partial charge < -0.3 is 9.47 Å². The number of pyridine rings is 1. The van der Waals surface area contributed by atoms with Gasteiger partial charge in [0.1, 0.15) is 18.7 Å². The fourth-order valence-electron chi connectivity index (χ4n) is 2.87. The molecule has 4 heteroatoms. The molecule has 1 aromatic heterocycles. The van der Waals surface area contributed by atoms with Crippen LogP contribution in [0.4, 0.5) is 0 Å². The number of halogens is 1. The zero-order valence-electron chi connectivity index (χ0n) is 14.6. The summed E-state index contributed by atoms with van der Waals surface area (Å²) in [5.41, 5.74) is 2.98. The Balaban J connectivity index is 1.68. The summed E-state index contributed by atoms with van der Waals surface area (Å²) in [6.07, 6.45) is 1.77. The lowest BCUT2D eigenvalue weighted by molar-refractivity contribution is 0.258. The molecule has 0 aliphatic heterocycles. The highest BCUT2D eigenvalue weighted by molar-refractivity contribution is 9.10. The monoisotopic (exact) mass is 419 g/mol. The predicted molar refractivity (Wildman–Crippen MR) is 111 cm³/mol. The smallest absolute Gasteiger partial charge is 0.187 e. The zero-order chi connectivity index (χ0) is 18.5. The molecule has 4 aromatic rings. The number of fused-ring (bicyclic) bond motifs is 1. The van der Waals surface area contributed by atoms with Crippen molar-refractivity contribution in [3.05, 3.63) is 101 Å². The van der Waals surface area contributed by atoms with Gasteiger partial charge in [0.05, 0.1) is 0 Å². The molecule has 3 aromatic carbocycles. The molecule has 134 valence electrons. The Morgan fingerprint density at radius 1 is 0.741 bits per heavy atom. The molecular weight excluding hydrogens is 402 g/mol. The molecule has 0 aliphatic rings. The Kier molecular flexibility index (Phi) is 5.35. The van der Waals surface area contributed by atoms with Crippen LogP contribution in [-0.4, -0.2) is 4.98 Å². The topological polar surface area (TPSA) is 31.4 Å². The van der Waals surface area contributed by atoms with Crippen molar-refractivity contribution in [2.45, 2.75) is 13.2 Å². The first-order valence-electron chi connectivity index (χ1n) is 8.72. The second kappa shape index (κ2) is 8.23. The van der Waals surface area contributed by atoms with Crippen molar-refractivity contribution in [2.24, 2.45) is 0 Å². The first-order valence-corrected chi connectivity index (χ1v) is 9.51. The highest BCUT2D eigenvalue weighted by Crippen LogP contribution is 2.40. The Morgan fingerprint density at radius 2 is 1.37 bits per heavy atom. The van der Waals surface area contributed by atoms with Crippen LogP contribution >= 0.6 is 15.9 Å². The fourth-order valence-corrected chi connectivity index (χ4v) is 3.39. The highest BCUT2D eigenvalue weighted by Gasteiger charge is 2.15. The Morgan fingerprint density at radius 3 is 2.04 bits per heavy atom. The minimum absolute atomic E-state index is 0.454. The summed E-state index contributed by atoms with van der Waals surface area (Å²) in [6.45, 7) is 0.920. The Labute approximate surface area is 166 Å². The molecule has 0 spiro atoms. The molecule has 0 atom stereocenters. The van der Waals surface area contributed by atoms with Gasteiger partial charge in [0, 0.05) is 16.1 Å². The van der Waals surface area contributed by atoms with Crippen LogP contribution in [0.3, 0.4) is 0 Å². The van der Waals surface area contributed by atoms with E-state index >= 15 is 0 Å². The first kappa shape index (κ1) is 17.6. The lowest BCUT2D eigenvalue weighted by Crippen LogP contribution is -2.02. The van der Waals surface area contributed by atoms with Gasteiger partial charge in [-0.2, -0.15) is 0 Å². The zero-order valence-corrected chi connectivity index (χ0v) is 16.2. The van der Waals surface area contributed by atoms with Gasteiger partial charge in [-0.1, -0.05) is 60.7 Å². The number of hydrogen-bond donors (Lipinski definition) is 0. The summed E-state index contributed by atoms with van der Waals surface area (Å²) in [7, 11) is 0. The molecule has 27 heavy (non-hydrogen) atoms. The third-order valence-electron chi connectivity index (χ3n) is 4.22. The SMILES string of the molecule is Brc1cc(OCc2ccccc2)c(OCc2ccccc2)c2ncccc12. The van der Waals surface area contributed by atoms with Crippen molar-refractivity contribution in [1.82, 2.24) is 4.98 Å². The lowest BCUT2D eigenvalue weighted by atomic mass is 10.2. The minimum Gasteiger partial charge on any atom is -0.485 e. The molecule has 0 radical (unpaired) electrons. The maximum Gasteiger partial charge on any atom is 0.187 e. The molecule has 0 unspecified atom stereocenters. The van der Waals surface area contributed by atoms with Gasteiger partial charge in [-0.25, -0.2) is 0 Å². The highest BCUT2D eigenvalue weighted by atomic mass is 79.9. The normalized spacial score (nSPS) is 10.7. The molecule has 0 aliphatic carbocycles. The quantitative estimate of drug-likeness (QED) is 0.375. The van der Waals surface area contributed by atoms with Gasteiger partial charge in [0.25, 0.3) is 0 Å². The standard InChI is InChI=1S/C23H18BrNO2/c24-20-14-21(26-15-17-8-3-1-4-9-17)23(22-19(20)12-7-13-25-22)27-16-18-10-5-2-6-11-18/h1-14H,15-16H2. The van der Waals surface area contributed by atoms with Gasteiger partial charge in [-0.3, -0.25) is 4.98 Å². The molecule has 0 amide bonds. The second-order valence-corrected chi connectivity index (χ2v) is 6.99. The van der Waals surface area contributed by atoms with E-state index in [1.807, 2.05) is 78.9 Å². The fraction of sp³-hybridized carbons (Fsp3) is 0.0870. The molecule has 1 heterocycles. The van der Waals surface area contributed by atoms with E-state index in [1.165, 1.54) is 0 Å². The van der Waals surface area contributed by atoms with Crippen molar-refractivity contribution in [1.29, 1.82) is 0 Å². The van der Waals surface area contributed by atoms with Crippen LogP contribution in [0.2, 0.25) is 0 Å². The van der Waals surface area contributed by atoms with Crippen LogP contribution in [0.25, 0.3) is 10.9 Å². The number of ether oxygens (including phenoxy) is 2. The average Bonchev–Trinajstić information content (AvgIpc) is 2.73. The van der Waals surface area contributed by atoms with Crippen LogP contribution in [0.1, 0.15) is 11.1 Å². The van der Waals surface area contributed by atoms with Crippen molar-refractivity contribution in [2.75, 3.05) is 0 Å². The maximum absolute atomic E-state index is 6.17. The second-order valence-electron chi connectivity index (χ2n) is 6.13. The summed E-state index contributed by atoms with van der Waals surface area (Å²) in [4.78, 5) is 4.53. The predicted octanol–water partition coefficient (Wildman–Crippen LogP) is 6.16. The molecule has 0 saturated carbocycles. The van der Waals surface area contributed by atoms with E-state index in [1.54, 1.807) is 6.20 Å². The average molecular weight is 420 g/mol. The molecule has 0 bridgehead atoms. The number of nitrogens with zero attached hydrogens (tertiary/aromatic N) is 1. The van der Waals surface area contributed by atoms with E-state index < -0.39 is 0 Å². The van der Waals surface area contributed by atoms with E-state index in [0.717, 1.165) is 26.5 Å². The molecule has 0 saturated heterocycles. The number of rotatable bonds is 6. The van der Waals surface area contributed by atoms with Crippen LogP contribution in [0.15, 0.2) is 89.5 Å². The summed E-state index contributed by atoms with van der Waals surface area (Å²) in [5, 5.41) is 0.993. The van der Waals surface area contributed by atoms with Crippen LogP contribution in [0.5, 0.6) is 11.5 Å². The first-order chi connectivity index (χ1) is 13.3. The third kappa shape index (κ3) is 4.12. The van der Waals surface area contributed by atoms with Gasteiger partial charge in [0.2, 0.25) is 0 Å². The Bertz CT molecular complexity index is 1040. The van der Waals surface area contributed by atoms with Crippen molar-refractivity contribution >= 4 is 26.8 Å². The lowest BCUT2D eigenvalue weighted by Gasteiger charge is -2.16. The van der Waals surface area contributed by atoms with Crippen LogP contribution < -0.4 is 9.47 Å². The molecule has 0 N–H and O–H groups in total. The van der Waals surface area contributed by atoms with Crippen molar-refractivity contribution in [3.63, 3.8) is 0 Å². The van der Waals surface area contributed by atoms with Gasteiger partial charge in [0.15, 0.2) is 11.5 Å². The van der Waals surface area contributed by atoms with E-state index in [2.05, 4.69) is 20.9 Å². The molecule has 4 rings (SSSR count). The van der Waals surface area contributed by atoms with Crippen molar-refractivity contribution < 1.29 is 9.47 Å². The van der Waals surface area contributed by atoms with Crippen molar-refractivity contribution in [3.8, 4) is 11.5 Å². The molecule has 0 fully saturated rings. The van der Waals surface area contributed by atoms with Gasteiger partial charge in [-0.05, 0) is 45.3 Å². The number of benzene rings is 3. The van der Waals surface area contributed by atoms with E-state index in [-0.39, 0.29) is 0 Å². The van der Waals surface area contributed by atoms with Crippen LogP contribution in [0, 0.1) is 0 Å². The van der Waals surface area contributed by atoms with Gasteiger partial charge in [-0.15, -0.1) is 0 Å². The largest absolute Gasteiger partial charge is 0.485 e. The van der Waals surface area contributed by atoms with E-state index in [4.69, 9.17) is 9.47 Å². The van der Waals surface area contributed by atoms with E-state index in [9.17, 15) is 0 Å². The summed E-state index contributed by atoms with van der Waals surface area (Å²) < 4.78 is 13.2. The molecule has 3 nitrogen and oxygen atoms in total. The molecular formula is C23H18BrNO2. The third-order valence-corrected chi connectivity index (χ3v) is 4.88. The van der Waals surface area contributed by atoms with Gasteiger partial charge >= 0.3 is 0 Å². The number of aromatic nitrogens is 1. The summed E-state index contributed by atoms with van der Waals surface area (Å²) >= 11 is 3.63. The van der Waals surface area contributed by atoms with Crippen LogP contribution in [-0.2, 0) is 13.2 Å². The Hall–Kier alpha value is -2.85. The number of hydrogen-bond acceptors (Lipinski definition) is 3.